The molecule has 102 valence electrons. The van der Waals surface area contributed by atoms with Crippen molar-refractivity contribution < 1.29 is 14.8 Å². The second-order valence-corrected chi connectivity index (χ2v) is 5.07. The fourth-order valence-electron chi connectivity index (χ4n) is 1.53. The summed E-state index contributed by atoms with van der Waals surface area (Å²) < 4.78 is 0. The Kier molecular flexibility index (Phi) is 3.99. The highest BCUT2D eigenvalue weighted by Crippen LogP contribution is 2.30. The summed E-state index contributed by atoms with van der Waals surface area (Å²) in [6.45, 7) is 1.74. The number of nitrogens with zero attached hydrogens (tertiary/aromatic N) is 2. The first kappa shape index (κ1) is 14.0. The highest BCUT2D eigenvalue weighted by atomic mass is 32.2. The number of carbonyl (C=O) groups is 1. The normalized spacial score (nSPS) is 10.2. The molecule has 2 aromatic rings. The molecule has 1 heterocycles. The summed E-state index contributed by atoms with van der Waals surface area (Å²) in [6, 6.07) is 7.82. The van der Waals surface area contributed by atoms with E-state index in [0.717, 1.165) is 4.90 Å². The van der Waals surface area contributed by atoms with Crippen LogP contribution in [-0.2, 0) is 0 Å². The maximum absolute atomic E-state index is 10.7. The van der Waals surface area contributed by atoms with Crippen LogP contribution < -0.4 is 0 Å². The molecule has 0 unspecified atom stereocenters. The third-order valence-electron chi connectivity index (χ3n) is 2.54. The van der Waals surface area contributed by atoms with Crippen LogP contribution in [0, 0.1) is 17.0 Å². The van der Waals surface area contributed by atoms with Gasteiger partial charge in [0.25, 0.3) is 5.69 Å². The number of hydrogen-bond acceptors (Lipinski definition) is 5. The van der Waals surface area contributed by atoms with E-state index >= 15 is 0 Å². The lowest BCUT2D eigenvalue weighted by Gasteiger charge is -2.04. The summed E-state index contributed by atoms with van der Waals surface area (Å²) in [5, 5.41) is 20.1. The minimum absolute atomic E-state index is 0.0481. The van der Waals surface area contributed by atoms with Crippen LogP contribution in [0.4, 0.5) is 5.69 Å². The van der Waals surface area contributed by atoms with Crippen LogP contribution in [0.5, 0.6) is 0 Å². The molecule has 7 heteroatoms. The van der Waals surface area contributed by atoms with Gasteiger partial charge in [0.1, 0.15) is 11.2 Å². The fourth-order valence-corrected chi connectivity index (χ4v) is 2.35. The van der Waals surface area contributed by atoms with E-state index in [-0.39, 0.29) is 11.3 Å². The largest absolute Gasteiger partial charge is 0.478 e. The summed E-state index contributed by atoms with van der Waals surface area (Å²) in [4.78, 5) is 25.8. The highest BCUT2D eigenvalue weighted by molar-refractivity contribution is 7.99. The predicted molar refractivity (Wildman–Crippen MR) is 73.2 cm³/mol. The Bertz CT molecular complexity index is 671. The molecule has 0 saturated heterocycles. The van der Waals surface area contributed by atoms with Crippen molar-refractivity contribution in [1.82, 2.24) is 4.98 Å². The molecule has 0 spiro atoms. The van der Waals surface area contributed by atoms with Crippen molar-refractivity contribution in [2.24, 2.45) is 0 Å². The first-order chi connectivity index (χ1) is 9.47. The average Bonchev–Trinajstić information content (AvgIpc) is 2.41. The van der Waals surface area contributed by atoms with Crippen LogP contribution >= 0.6 is 11.8 Å². The number of rotatable bonds is 4. The molecule has 1 aromatic carbocycles. The molecule has 0 radical (unpaired) electrons. The standard InChI is InChI=1S/C13H10N2O4S/c1-8-6-10(15(18)19)7-14-12(8)20-11-4-2-9(3-5-11)13(16)17/h2-7H,1H3,(H,16,17). The highest BCUT2D eigenvalue weighted by Gasteiger charge is 2.11. The summed E-state index contributed by atoms with van der Waals surface area (Å²) >= 11 is 1.33. The minimum atomic E-state index is -0.980. The lowest BCUT2D eigenvalue weighted by atomic mass is 10.2. The second kappa shape index (κ2) is 5.70. The topological polar surface area (TPSA) is 93.3 Å². The van der Waals surface area contributed by atoms with Crippen molar-refractivity contribution in [2.45, 2.75) is 16.8 Å². The van der Waals surface area contributed by atoms with Crippen molar-refractivity contribution in [2.75, 3.05) is 0 Å². The first-order valence-electron chi connectivity index (χ1n) is 5.59. The molecule has 1 aromatic heterocycles. The number of carboxylic acids is 1. The molecule has 0 bridgehead atoms. The number of pyridine rings is 1. The number of carboxylic acid groups (broad SMARTS) is 1. The molecule has 6 nitrogen and oxygen atoms in total. The van der Waals surface area contributed by atoms with E-state index < -0.39 is 10.9 Å². The zero-order valence-corrected chi connectivity index (χ0v) is 11.3. The van der Waals surface area contributed by atoms with Gasteiger partial charge in [-0.05, 0) is 36.8 Å². The Morgan fingerprint density at radius 3 is 2.50 bits per heavy atom. The molecule has 20 heavy (non-hydrogen) atoms. The van der Waals surface area contributed by atoms with Crippen molar-refractivity contribution >= 4 is 23.4 Å². The van der Waals surface area contributed by atoms with Gasteiger partial charge in [-0.25, -0.2) is 9.78 Å². The summed E-state index contributed by atoms with van der Waals surface area (Å²) in [6.07, 6.45) is 1.21. The Morgan fingerprint density at radius 1 is 1.35 bits per heavy atom. The Morgan fingerprint density at radius 2 is 2.00 bits per heavy atom. The molecule has 0 aliphatic carbocycles. The van der Waals surface area contributed by atoms with Crippen LogP contribution in [0.15, 0.2) is 46.5 Å². The van der Waals surface area contributed by atoms with Gasteiger partial charge in [-0.15, -0.1) is 0 Å². The number of nitro groups is 1. The molecular weight excluding hydrogens is 280 g/mol. The Labute approximate surface area is 118 Å². The van der Waals surface area contributed by atoms with E-state index in [4.69, 9.17) is 5.11 Å². The first-order valence-corrected chi connectivity index (χ1v) is 6.41. The lowest BCUT2D eigenvalue weighted by molar-refractivity contribution is -0.385. The minimum Gasteiger partial charge on any atom is -0.478 e. The molecule has 0 saturated carbocycles. The van der Waals surface area contributed by atoms with E-state index in [1.807, 2.05) is 0 Å². The van der Waals surface area contributed by atoms with E-state index in [9.17, 15) is 14.9 Å². The molecule has 0 aliphatic heterocycles. The number of aromatic carboxylic acids is 1. The van der Waals surface area contributed by atoms with Gasteiger partial charge < -0.3 is 5.11 Å². The molecular formula is C13H10N2O4S. The van der Waals surface area contributed by atoms with Crippen LogP contribution in [0.3, 0.4) is 0 Å². The number of benzene rings is 1. The van der Waals surface area contributed by atoms with Crippen molar-refractivity contribution in [3.8, 4) is 0 Å². The molecule has 0 aliphatic rings. The zero-order valence-electron chi connectivity index (χ0n) is 10.4. The van der Waals surface area contributed by atoms with Crippen LogP contribution in [0.25, 0.3) is 0 Å². The van der Waals surface area contributed by atoms with Crippen LogP contribution in [-0.4, -0.2) is 21.0 Å². The van der Waals surface area contributed by atoms with E-state index in [1.165, 1.54) is 36.2 Å². The molecule has 0 fully saturated rings. The average molecular weight is 290 g/mol. The van der Waals surface area contributed by atoms with Gasteiger partial charge in [-0.1, -0.05) is 11.8 Å². The molecule has 2 rings (SSSR count). The summed E-state index contributed by atoms with van der Waals surface area (Å²) in [5.74, 6) is -0.980. The van der Waals surface area contributed by atoms with Gasteiger partial charge in [-0.3, -0.25) is 10.1 Å². The lowest BCUT2D eigenvalue weighted by Crippen LogP contribution is -1.95. The molecule has 0 amide bonds. The fraction of sp³-hybridized carbons (Fsp3) is 0.0769. The summed E-state index contributed by atoms with van der Waals surface area (Å²) in [5.41, 5.74) is 0.863. The van der Waals surface area contributed by atoms with Crippen LogP contribution in [0.2, 0.25) is 0 Å². The predicted octanol–water partition coefficient (Wildman–Crippen LogP) is 3.15. The van der Waals surface area contributed by atoms with E-state index in [2.05, 4.69) is 4.98 Å². The van der Waals surface area contributed by atoms with Gasteiger partial charge in [-0.2, -0.15) is 0 Å². The quantitative estimate of drug-likeness (QED) is 0.686. The van der Waals surface area contributed by atoms with E-state index in [1.54, 1.807) is 19.1 Å². The van der Waals surface area contributed by atoms with E-state index in [0.29, 0.717) is 10.6 Å². The Hall–Kier alpha value is -2.41. The maximum Gasteiger partial charge on any atom is 0.335 e. The SMILES string of the molecule is Cc1cc([N+](=O)[O-])cnc1Sc1ccc(C(=O)O)cc1. The third kappa shape index (κ3) is 3.12. The smallest absolute Gasteiger partial charge is 0.335 e. The Balaban J connectivity index is 2.21. The number of aromatic nitrogens is 1. The zero-order chi connectivity index (χ0) is 14.7. The molecule has 0 atom stereocenters. The van der Waals surface area contributed by atoms with Crippen LogP contribution in [0.1, 0.15) is 15.9 Å². The van der Waals surface area contributed by atoms with Crippen molar-refractivity contribution in [1.29, 1.82) is 0 Å². The summed E-state index contributed by atoms with van der Waals surface area (Å²) in [7, 11) is 0. The van der Waals surface area contributed by atoms with Gasteiger partial charge in [0.15, 0.2) is 0 Å². The maximum atomic E-state index is 10.7. The number of aryl methyl sites for hydroxylation is 1. The third-order valence-corrected chi connectivity index (χ3v) is 3.67. The van der Waals surface area contributed by atoms with Gasteiger partial charge in [0.2, 0.25) is 0 Å². The monoisotopic (exact) mass is 290 g/mol. The second-order valence-electron chi connectivity index (χ2n) is 4.00. The number of hydrogen-bond donors (Lipinski definition) is 1. The van der Waals surface area contributed by atoms with Crippen molar-refractivity contribution in [3.05, 3.63) is 57.8 Å². The van der Waals surface area contributed by atoms with Gasteiger partial charge >= 0.3 is 5.97 Å². The van der Waals surface area contributed by atoms with Gasteiger partial charge in [0.05, 0.1) is 10.5 Å². The van der Waals surface area contributed by atoms with Crippen molar-refractivity contribution in [3.63, 3.8) is 0 Å². The van der Waals surface area contributed by atoms with Gasteiger partial charge in [0, 0.05) is 11.0 Å². The molecule has 1 N–H and O–H groups in total.